The van der Waals surface area contributed by atoms with Crippen molar-refractivity contribution in [1.82, 2.24) is 52.3 Å². The lowest BCUT2D eigenvalue weighted by atomic mass is 10.0. The molecule has 524 valence electrons. The number of thioether (sulfide) groups is 1. The fourth-order valence-electron chi connectivity index (χ4n) is 11.0. The molecule has 22 N–H and O–H groups in total. The molecule has 0 spiro atoms. The van der Waals surface area contributed by atoms with Crippen LogP contribution in [0.3, 0.4) is 0 Å². The van der Waals surface area contributed by atoms with Gasteiger partial charge in [0.1, 0.15) is 54.4 Å². The predicted octanol–water partition coefficient (Wildman–Crippen LogP) is -3.71. The summed E-state index contributed by atoms with van der Waals surface area (Å²) in [5, 5.41) is 21.1. The van der Waals surface area contributed by atoms with Crippen LogP contribution in [-0.4, -0.2) is 198 Å². The zero-order valence-corrected chi connectivity index (χ0v) is 55.3. The van der Waals surface area contributed by atoms with Gasteiger partial charge in [-0.2, -0.15) is 11.8 Å². The molecule has 2 heterocycles. The number of carbonyl (C=O) groups excluding carboxylic acids is 13. The lowest BCUT2D eigenvalue weighted by Crippen LogP contribution is -2.60. The van der Waals surface area contributed by atoms with Crippen LogP contribution in [0.25, 0.3) is 0 Å². The minimum Gasteiger partial charge on any atom is -0.370 e. The first-order valence-corrected chi connectivity index (χ1v) is 33.6. The van der Waals surface area contributed by atoms with Gasteiger partial charge in [0.15, 0.2) is 5.96 Å². The van der Waals surface area contributed by atoms with Crippen molar-refractivity contribution in [2.75, 3.05) is 44.7 Å². The molecule has 2 aromatic rings. The van der Waals surface area contributed by atoms with Gasteiger partial charge in [0.25, 0.3) is 0 Å². The largest absolute Gasteiger partial charge is 0.370 e. The number of aliphatic imine (C=N–C) groups is 1. The summed E-state index contributed by atoms with van der Waals surface area (Å²) in [7, 11) is 0. The van der Waals surface area contributed by atoms with E-state index in [1.807, 2.05) is 20.1 Å². The minimum absolute atomic E-state index is 0.0736. The van der Waals surface area contributed by atoms with Gasteiger partial charge >= 0.3 is 0 Å². The molecule has 10 atom stereocenters. The Hall–Kier alpha value is -8.91. The van der Waals surface area contributed by atoms with Gasteiger partial charge in [-0.25, -0.2) is 0 Å². The molecule has 2 aromatic carbocycles. The molecule has 0 bridgehead atoms. The molecule has 0 radical (unpaired) electrons. The summed E-state index contributed by atoms with van der Waals surface area (Å²) in [6.07, 6.45) is 3.12. The first-order chi connectivity index (χ1) is 45.2. The van der Waals surface area contributed by atoms with Crippen molar-refractivity contribution < 1.29 is 62.3 Å². The molecule has 4 rings (SSSR count). The number of hydrogen-bond donors (Lipinski definition) is 15. The Balaban J connectivity index is 1.56. The highest BCUT2D eigenvalue weighted by atomic mass is 32.2. The summed E-state index contributed by atoms with van der Waals surface area (Å²) < 4.78 is 0. The summed E-state index contributed by atoms with van der Waals surface area (Å²) in [5.74, 6) is -9.80. The van der Waals surface area contributed by atoms with Crippen molar-refractivity contribution in [2.45, 2.75) is 183 Å². The number of hydrogen-bond acceptors (Lipinski definition) is 17. The van der Waals surface area contributed by atoms with Crippen LogP contribution in [0.5, 0.6) is 0 Å². The van der Waals surface area contributed by atoms with Gasteiger partial charge in [-0.05, 0) is 119 Å². The average molecular weight is 1350 g/mol. The molecule has 31 nitrogen and oxygen atoms in total. The van der Waals surface area contributed by atoms with E-state index in [1.165, 1.54) is 21.6 Å². The molecule has 2 aliphatic rings. The molecular weight excluding hydrogens is 1250 g/mol. The Morgan fingerprint density at radius 1 is 0.537 bits per heavy atom. The van der Waals surface area contributed by atoms with Crippen molar-refractivity contribution in [2.24, 2.45) is 51.0 Å². The first kappa shape index (κ1) is 78.5. The SMILES string of the molecule is CSCC[C@H](NC(=O)[C@@H](CC(C)C)NC(=O)CNC(=O)[C@@H](Cc1ccccc1)NC(=O)[C@@H](Cc1ccccc1)NC(=O)[C@@H](CCC(N)=O)NC(=O)[C@@H](CCC(N)=O)NC(=O)[C@@H]1CCCN1C(=O)[C@H](CCCCN)NC(=O)[C@H]1CCCN1C(=O)[C@@H](N)CCCN=C(N)N)C(N)=O. The van der Waals surface area contributed by atoms with Gasteiger partial charge in [0.05, 0.1) is 12.6 Å². The van der Waals surface area contributed by atoms with E-state index < -0.39 is 169 Å². The van der Waals surface area contributed by atoms with E-state index in [-0.39, 0.29) is 83.0 Å². The lowest BCUT2D eigenvalue weighted by Gasteiger charge is -2.32. The number of nitrogens with one attached hydrogen (secondary N) is 8. The highest BCUT2D eigenvalue weighted by Gasteiger charge is 2.42. The van der Waals surface area contributed by atoms with Crippen molar-refractivity contribution in [3.05, 3.63) is 71.8 Å². The number of nitrogens with zero attached hydrogens (tertiary/aromatic N) is 3. The van der Waals surface area contributed by atoms with Gasteiger partial charge < -0.3 is 92.5 Å². The number of likely N-dealkylation sites (tertiary alicyclic amines) is 2. The molecule has 0 unspecified atom stereocenters. The van der Waals surface area contributed by atoms with E-state index >= 15 is 0 Å². The molecule has 13 amide bonds. The Morgan fingerprint density at radius 2 is 1.01 bits per heavy atom. The van der Waals surface area contributed by atoms with Gasteiger partial charge in [-0.1, -0.05) is 74.5 Å². The van der Waals surface area contributed by atoms with Crippen molar-refractivity contribution in [3.8, 4) is 0 Å². The normalized spacial score (nSPS) is 16.8. The highest BCUT2D eigenvalue weighted by Crippen LogP contribution is 2.24. The smallest absolute Gasteiger partial charge is 0.245 e. The summed E-state index contributed by atoms with van der Waals surface area (Å²) in [4.78, 5) is 185. The molecule has 0 aromatic heterocycles. The predicted molar refractivity (Wildman–Crippen MR) is 356 cm³/mol. The molecule has 2 aliphatic heterocycles. The molecule has 0 saturated carbocycles. The topological polar surface area (TPSA) is 519 Å². The van der Waals surface area contributed by atoms with Crippen LogP contribution in [0.15, 0.2) is 65.7 Å². The maximum Gasteiger partial charge on any atom is 0.245 e. The van der Waals surface area contributed by atoms with Crippen LogP contribution in [-0.2, 0) is 75.2 Å². The van der Waals surface area contributed by atoms with Crippen molar-refractivity contribution in [1.29, 1.82) is 0 Å². The van der Waals surface area contributed by atoms with E-state index in [1.54, 1.807) is 60.7 Å². The second-order valence-electron chi connectivity index (χ2n) is 24.1. The van der Waals surface area contributed by atoms with Crippen molar-refractivity contribution >= 4 is 94.5 Å². The number of benzene rings is 2. The van der Waals surface area contributed by atoms with Crippen LogP contribution < -0.4 is 82.7 Å². The lowest BCUT2D eigenvalue weighted by molar-refractivity contribution is -0.144. The molecule has 2 saturated heterocycles. The first-order valence-electron chi connectivity index (χ1n) is 32.2. The zero-order chi connectivity index (χ0) is 70.1. The van der Waals surface area contributed by atoms with E-state index in [2.05, 4.69) is 47.5 Å². The third-order valence-corrected chi connectivity index (χ3v) is 16.7. The maximum atomic E-state index is 14.7. The molecule has 32 heteroatoms. The van der Waals surface area contributed by atoms with Crippen LogP contribution in [0.4, 0.5) is 0 Å². The van der Waals surface area contributed by atoms with Crippen LogP contribution >= 0.6 is 11.8 Å². The molecule has 0 aliphatic carbocycles. The van der Waals surface area contributed by atoms with Gasteiger partial charge in [-0.15, -0.1) is 0 Å². The number of carbonyl (C=O) groups is 13. The number of rotatable bonds is 42. The second-order valence-corrected chi connectivity index (χ2v) is 25.1. The Labute approximate surface area is 558 Å². The number of unbranched alkanes of at least 4 members (excludes halogenated alkanes) is 1. The monoisotopic (exact) mass is 1350 g/mol. The Kier molecular flexibility index (Phi) is 33.9. The quantitative estimate of drug-likeness (QED) is 0.0173. The second kappa shape index (κ2) is 41.0. The third-order valence-electron chi connectivity index (χ3n) is 16.0. The van der Waals surface area contributed by atoms with Crippen LogP contribution in [0.2, 0.25) is 0 Å². The van der Waals surface area contributed by atoms with E-state index in [9.17, 15) is 62.3 Å². The van der Waals surface area contributed by atoms with Crippen LogP contribution in [0.1, 0.15) is 121 Å². The summed E-state index contributed by atoms with van der Waals surface area (Å²) >= 11 is 1.45. The van der Waals surface area contributed by atoms with E-state index in [0.29, 0.717) is 55.4 Å². The highest BCUT2D eigenvalue weighted by molar-refractivity contribution is 7.98. The fourth-order valence-corrected chi connectivity index (χ4v) is 11.5. The molecule has 95 heavy (non-hydrogen) atoms. The maximum absolute atomic E-state index is 14.7. The zero-order valence-electron chi connectivity index (χ0n) is 54.5. The van der Waals surface area contributed by atoms with Gasteiger partial charge in [0, 0.05) is 45.3 Å². The van der Waals surface area contributed by atoms with Crippen molar-refractivity contribution in [3.63, 3.8) is 0 Å². The summed E-state index contributed by atoms with van der Waals surface area (Å²) in [5.41, 5.74) is 40.6. The number of primary amides is 3. The average Bonchev–Trinajstić information content (AvgIpc) is 1.74. The fraction of sp³-hybridized carbons (Fsp3) is 0.587. The molecule has 2 fully saturated rings. The van der Waals surface area contributed by atoms with Gasteiger partial charge in [-0.3, -0.25) is 67.3 Å². The third kappa shape index (κ3) is 27.5. The molecular formula is C63H98N18O13S. The van der Waals surface area contributed by atoms with Gasteiger partial charge in [0.2, 0.25) is 76.8 Å². The number of guanidine groups is 1. The summed E-state index contributed by atoms with van der Waals surface area (Å²) in [6.45, 7) is 3.86. The number of amides is 13. The van der Waals surface area contributed by atoms with E-state index in [0.717, 1.165) is 0 Å². The van der Waals surface area contributed by atoms with Crippen LogP contribution in [0, 0.1) is 5.92 Å². The number of nitrogens with two attached hydrogens (primary N) is 7. The van der Waals surface area contributed by atoms with E-state index in [4.69, 9.17) is 40.1 Å². The Bertz CT molecular complexity index is 2960. The minimum atomic E-state index is -1.64. The standard InChI is InChI=1S/C63H98N18O13S/c1-37(2)33-45(57(89)74-41(53(68)85)27-32-95-3)73-52(84)36-72-54(86)46(34-38-15-6-4-7-16-38)78-58(90)47(35-39-17-8-5-9-18-39)79-56(88)42(23-25-50(66)82)75-55(87)43(24-26-51(67)83)76-59(91)49-22-14-31-81(49)62(94)44(20-10-11-28-64)77-60(92)48-21-13-30-80(48)61(93)40(65)19-12-29-71-63(69)70/h4-9,15-18,37,40-49H,10-14,19-36,64-65H2,1-3H3,(H2,66,82)(H2,67,83)(H2,68,85)(H,72,86)(H,73,84)(H,74,89)(H,75,87)(H,76,91)(H,77,92)(H,78,90)(H,79,88)(H4,69,70,71)/t40-,41-,42+,43+,44-,45+,46+,47+,48+,49-/m0/s1. The summed E-state index contributed by atoms with van der Waals surface area (Å²) in [6, 6.07) is 4.51. The Morgan fingerprint density at radius 3 is 1.51 bits per heavy atom.